The lowest BCUT2D eigenvalue weighted by atomic mass is 9.70. The second-order valence-corrected chi connectivity index (χ2v) is 14.1. The van der Waals surface area contributed by atoms with E-state index in [2.05, 4.69) is 18.5 Å². The Hall–Kier alpha value is -4.52. The van der Waals surface area contributed by atoms with Crippen molar-refractivity contribution < 1.29 is 43.2 Å². The predicted molar refractivity (Wildman–Crippen MR) is 199 cm³/mol. The highest BCUT2D eigenvalue weighted by Crippen LogP contribution is 2.59. The van der Waals surface area contributed by atoms with Crippen molar-refractivity contribution in [2.24, 2.45) is 17.8 Å². The maximum Gasteiger partial charge on any atom is 0.313 e. The quantitative estimate of drug-likeness (QED) is 0.159. The first kappa shape index (κ1) is 39.7. The van der Waals surface area contributed by atoms with Gasteiger partial charge in [0.2, 0.25) is 11.8 Å². The monoisotopic (exact) mass is 731 g/mol. The number of allylic oxidation sites excluding steroid dienone is 1. The Morgan fingerprint density at radius 3 is 2.43 bits per heavy atom. The number of esters is 1. The topological polar surface area (TPSA) is 144 Å². The lowest BCUT2D eigenvalue weighted by Gasteiger charge is -2.40. The van der Waals surface area contributed by atoms with Crippen LogP contribution in [0.1, 0.15) is 57.6 Å². The Kier molecular flexibility index (Phi) is 13.1. The summed E-state index contributed by atoms with van der Waals surface area (Å²) < 4.78 is 23.9. The molecule has 2 bridgehead atoms. The van der Waals surface area contributed by atoms with Gasteiger partial charge in [0.1, 0.15) is 23.5 Å². The zero-order chi connectivity index (χ0) is 38.3. The van der Waals surface area contributed by atoms with Gasteiger partial charge in [0.25, 0.3) is 5.91 Å². The summed E-state index contributed by atoms with van der Waals surface area (Å²) >= 11 is 0. The fraction of sp³-hybridized carbons (Fsp3) is 0.512. The number of rotatable bonds is 19. The molecule has 3 aliphatic heterocycles. The van der Waals surface area contributed by atoms with E-state index in [1.165, 1.54) is 12.0 Å². The molecular formula is C41H53N3O9. The molecule has 2 aromatic carbocycles. The molecule has 0 aromatic heterocycles. The molecule has 1 spiro atoms. The average Bonchev–Trinajstić information content (AvgIpc) is 3.82. The van der Waals surface area contributed by atoms with Crippen LogP contribution in [0, 0.1) is 17.8 Å². The smallest absolute Gasteiger partial charge is 0.313 e. The van der Waals surface area contributed by atoms with E-state index in [0.29, 0.717) is 42.7 Å². The molecule has 0 unspecified atom stereocenters. The van der Waals surface area contributed by atoms with E-state index >= 15 is 0 Å². The Morgan fingerprint density at radius 2 is 1.83 bits per heavy atom. The Bertz CT molecular complexity index is 1620. The minimum Gasteiger partial charge on any atom is -0.497 e. The van der Waals surface area contributed by atoms with Crippen LogP contribution < -0.4 is 15.0 Å². The van der Waals surface area contributed by atoms with E-state index in [9.17, 15) is 24.3 Å². The van der Waals surface area contributed by atoms with Crippen LogP contribution in [0.2, 0.25) is 0 Å². The summed E-state index contributed by atoms with van der Waals surface area (Å²) in [5.74, 6) is -3.38. The van der Waals surface area contributed by atoms with Crippen molar-refractivity contribution in [2.75, 3.05) is 38.9 Å². The summed E-state index contributed by atoms with van der Waals surface area (Å²) in [6.07, 6.45) is 3.72. The fourth-order valence-electron chi connectivity index (χ4n) is 8.30. The summed E-state index contributed by atoms with van der Waals surface area (Å²) in [5.41, 5.74) is -0.141. The van der Waals surface area contributed by atoms with Gasteiger partial charge in [-0.2, -0.15) is 0 Å². The van der Waals surface area contributed by atoms with Gasteiger partial charge in [0, 0.05) is 25.8 Å². The van der Waals surface area contributed by atoms with Gasteiger partial charge in [0.05, 0.1) is 50.3 Å². The molecular weight excluding hydrogens is 678 g/mol. The molecule has 12 nitrogen and oxygen atoms in total. The number of likely N-dealkylation sites (tertiary alicyclic amines) is 1. The van der Waals surface area contributed by atoms with Gasteiger partial charge in [-0.3, -0.25) is 19.2 Å². The molecule has 286 valence electrons. The van der Waals surface area contributed by atoms with Crippen molar-refractivity contribution in [3.05, 3.63) is 85.5 Å². The Balaban J connectivity index is 1.54. The number of fused-ring (bicyclic) bond motifs is 1. The third kappa shape index (κ3) is 7.76. The first-order chi connectivity index (χ1) is 25.6. The van der Waals surface area contributed by atoms with Crippen molar-refractivity contribution in [2.45, 2.75) is 81.9 Å². The van der Waals surface area contributed by atoms with Crippen molar-refractivity contribution in [3.63, 3.8) is 0 Å². The van der Waals surface area contributed by atoms with E-state index in [4.69, 9.17) is 18.9 Å². The van der Waals surface area contributed by atoms with Crippen molar-refractivity contribution in [1.29, 1.82) is 0 Å². The number of methoxy groups -OCH3 is 2. The van der Waals surface area contributed by atoms with Gasteiger partial charge in [-0.05, 0) is 55.0 Å². The summed E-state index contributed by atoms with van der Waals surface area (Å²) in [5, 5.41) is 13.7. The van der Waals surface area contributed by atoms with Crippen LogP contribution in [0.5, 0.6) is 5.75 Å². The van der Waals surface area contributed by atoms with Gasteiger partial charge >= 0.3 is 5.97 Å². The number of nitrogens with one attached hydrogen (secondary N) is 1. The van der Waals surface area contributed by atoms with Crippen LogP contribution in [0.25, 0.3) is 0 Å². The molecule has 9 atom stereocenters. The third-order valence-corrected chi connectivity index (χ3v) is 11.1. The Labute approximate surface area is 312 Å². The molecule has 0 saturated carbocycles. The second kappa shape index (κ2) is 17.5. The number of carbonyl (C=O) groups is 4. The second-order valence-electron chi connectivity index (χ2n) is 14.1. The Morgan fingerprint density at radius 1 is 1.11 bits per heavy atom. The number of aliphatic hydroxyl groups excluding tert-OH is 1. The highest BCUT2D eigenvalue weighted by Gasteiger charge is 2.76. The number of hydrogen-bond acceptors (Lipinski definition) is 9. The largest absolute Gasteiger partial charge is 0.497 e. The van der Waals surface area contributed by atoms with Crippen LogP contribution >= 0.6 is 0 Å². The van der Waals surface area contributed by atoms with Crippen molar-refractivity contribution in [3.8, 4) is 5.75 Å². The SMILES string of the molecule is C=CCCC(=O)N[C@H](COC)[C@H](OC(=O)[C@@H]1[C@H]2C(=O)N([C@@H](CO)[C@@H](C)CC)[C@H](C(=O)N(CC=C)c3ccc(OC)cc3)[C@]23CC[C@H]1O3)c1ccccc1. The highest BCUT2D eigenvalue weighted by atomic mass is 16.6. The summed E-state index contributed by atoms with van der Waals surface area (Å²) in [6.45, 7) is 11.3. The fourth-order valence-corrected chi connectivity index (χ4v) is 8.30. The molecule has 0 radical (unpaired) electrons. The van der Waals surface area contributed by atoms with E-state index in [1.54, 1.807) is 60.6 Å². The molecule has 5 rings (SSSR count). The van der Waals surface area contributed by atoms with E-state index in [0.717, 1.165) is 0 Å². The standard InChI is InChI=1S/C41H53N3O9/c1-7-10-16-33(46)42-30(25-50-5)36(27-14-12-11-13-15-27)52-40(49)34-32-21-22-41(53-32)35(34)38(47)44(31(24-45)26(4)9-3)37(41)39(48)43(23-8-2)28-17-19-29(51-6)20-18-28/h7-8,11-15,17-20,26,30-32,34-37,45H,1-2,9-10,16,21-25H2,3-6H3,(H,42,46)/t26-,30+,31-,32+,34-,35-,36+,37+,41-/m0/s1. The molecule has 12 heteroatoms. The van der Waals surface area contributed by atoms with Crippen LogP contribution in [0.15, 0.2) is 79.9 Å². The maximum absolute atomic E-state index is 15.0. The summed E-state index contributed by atoms with van der Waals surface area (Å²) in [7, 11) is 3.06. The van der Waals surface area contributed by atoms with Gasteiger partial charge in [0.15, 0.2) is 0 Å². The number of benzene rings is 2. The number of carbonyl (C=O) groups excluding carboxylic acids is 4. The summed E-state index contributed by atoms with van der Waals surface area (Å²) in [4.78, 5) is 60.4. The maximum atomic E-state index is 15.0. The lowest BCUT2D eigenvalue weighted by Crippen LogP contribution is -2.60. The zero-order valence-corrected chi connectivity index (χ0v) is 31.1. The van der Waals surface area contributed by atoms with Crippen molar-refractivity contribution in [1.82, 2.24) is 10.2 Å². The predicted octanol–water partition coefficient (Wildman–Crippen LogP) is 4.38. The first-order valence-electron chi connectivity index (χ1n) is 18.4. The van der Waals surface area contributed by atoms with E-state index in [-0.39, 0.29) is 38.0 Å². The lowest BCUT2D eigenvalue weighted by molar-refractivity contribution is -0.163. The van der Waals surface area contributed by atoms with Crippen LogP contribution in [-0.2, 0) is 33.4 Å². The third-order valence-electron chi connectivity index (χ3n) is 11.1. The van der Waals surface area contributed by atoms with E-state index < -0.39 is 65.6 Å². The number of anilines is 1. The normalized spacial score (nSPS) is 25.2. The minimum atomic E-state index is -1.34. The molecule has 2 N–H and O–H groups in total. The van der Waals surface area contributed by atoms with Crippen molar-refractivity contribution >= 4 is 29.4 Å². The summed E-state index contributed by atoms with van der Waals surface area (Å²) in [6, 6.07) is 13.5. The van der Waals surface area contributed by atoms with Gasteiger partial charge in [-0.15, -0.1) is 13.2 Å². The van der Waals surface area contributed by atoms with Gasteiger partial charge in [-0.1, -0.05) is 62.8 Å². The van der Waals surface area contributed by atoms with Crippen LogP contribution in [0.3, 0.4) is 0 Å². The van der Waals surface area contributed by atoms with Gasteiger partial charge < -0.3 is 39.2 Å². The molecule has 53 heavy (non-hydrogen) atoms. The molecule has 3 heterocycles. The molecule has 3 saturated heterocycles. The number of aliphatic hydroxyl groups is 1. The first-order valence-corrected chi connectivity index (χ1v) is 18.4. The number of nitrogens with zero attached hydrogens (tertiary/aromatic N) is 2. The average molecular weight is 732 g/mol. The molecule has 3 fully saturated rings. The molecule has 0 aliphatic carbocycles. The minimum absolute atomic E-state index is 0.0471. The molecule has 3 aliphatic rings. The van der Waals surface area contributed by atoms with E-state index in [1.807, 2.05) is 32.0 Å². The van der Waals surface area contributed by atoms with Crippen LogP contribution in [0.4, 0.5) is 5.69 Å². The zero-order valence-electron chi connectivity index (χ0n) is 31.1. The van der Waals surface area contributed by atoms with Gasteiger partial charge in [-0.25, -0.2) is 0 Å². The molecule has 3 amide bonds. The number of ether oxygens (including phenoxy) is 4. The highest BCUT2D eigenvalue weighted by molar-refractivity contribution is 6.05. The van der Waals surface area contributed by atoms with Crippen LogP contribution in [-0.4, -0.2) is 97.5 Å². The number of amides is 3. The number of hydrogen-bond donors (Lipinski definition) is 2. The molecule has 2 aromatic rings.